The highest BCUT2D eigenvalue weighted by Gasteiger charge is 2.60. The molecule has 33 nitrogen and oxygen atoms in total. The summed E-state index contributed by atoms with van der Waals surface area (Å²) < 4.78 is 75.2. The van der Waals surface area contributed by atoms with Crippen LogP contribution in [0.2, 0.25) is 0 Å². The van der Waals surface area contributed by atoms with Crippen molar-refractivity contribution in [2.24, 2.45) is 5.73 Å². The van der Waals surface area contributed by atoms with Gasteiger partial charge in [0.2, 0.25) is 5.91 Å². The standard InChI is InChI=1S/C36H65N2O31P/c1-9(44)38-15-19(49)16(46)11(5-40)60-33(15)68-31-28(65-34-22(52)20(50)17(47)12(6-41)61-34)24(54)27(14(8-43)69-70(57,58)59-3-2-37)64-36(31)66-29-25(55)32(56)63-26(10(45)4-39)30(29)67-35-23(53)21(51)18(48)13(7-42)62-35/h10-36,39-43,45-56H,2-8,37H2,1H3,(H,38,44)(H,57,58)/t10-,11+,12+,13+,14-,15+,16+,17+,18+,19+,20-,21-,22+,23+,24+,25-,26+,27+,28-,29+,30+,31-,32-,33+,34+,35-,36+/m0/s1. The molecule has 0 aromatic heterocycles. The average Bonchev–Trinajstić information content (AvgIpc) is 3.33. The minimum Gasteiger partial charge on any atom is -0.394 e. The number of amides is 1. The lowest BCUT2D eigenvalue weighted by Crippen LogP contribution is -2.71. The van der Waals surface area contributed by atoms with Gasteiger partial charge in [-0.3, -0.25) is 13.8 Å². The van der Waals surface area contributed by atoms with Crippen LogP contribution in [0.15, 0.2) is 0 Å². The quantitative estimate of drug-likeness (QED) is 0.0475. The highest BCUT2D eigenvalue weighted by molar-refractivity contribution is 7.47. The number of aliphatic hydroxyl groups excluding tert-OH is 17. The van der Waals surface area contributed by atoms with Gasteiger partial charge in [-0.15, -0.1) is 0 Å². The number of hydrogen-bond acceptors (Lipinski definition) is 31. The van der Waals surface area contributed by atoms with E-state index in [-0.39, 0.29) is 6.54 Å². The van der Waals surface area contributed by atoms with Crippen LogP contribution >= 0.6 is 7.82 Å². The lowest BCUT2D eigenvalue weighted by Gasteiger charge is -2.52. The molecule has 70 heavy (non-hydrogen) atoms. The number of carbonyl (C=O) groups excluding carboxylic acids is 1. The molecule has 5 fully saturated rings. The minimum atomic E-state index is -5.29. The fourth-order valence-corrected chi connectivity index (χ4v) is 9.21. The van der Waals surface area contributed by atoms with Crippen molar-refractivity contribution >= 4 is 13.7 Å². The highest BCUT2D eigenvalue weighted by Crippen LogP contribution is 2.47. The Kier molecular flexibility index (Phi) is 21.9. The molecule has 5 rings (SSSR count). The summed E-state index contributed by atoms with van der Waals surface area (Å²) in [6.45, 7) is -5.64. The van der Waals surface area contributed by atoms with Crippen LogP contribution in [0.4, 0.5) is 0 Å². The molecule has 5 saturated heterocycles. The third-order valence-corrected chi connectivity index (χ3v) is 13.0. The Morgan fingerprint density at radius 2 is 1.04 bits per heavy atom. The zero-order chi connectivity index (χ0) is 52.1. The van der Waals surface area contributed by atoms with Crippen LogP contribution in [0, 0.1) is 0 Å². The van der Waals surface area contributed by atoms with Crippen molar-refractivity contribution in [2.45, 2.75) is 173 Å². The van der Waals surface area contributed by atoms with E-state index in [1.807, 2.05) is 0 Å². The van der Waals surface area contributed by atoms with E-state index >= 15 is 0 Å². The maximum atomic E-state index is 13.0. The fraction of sp³-hybridized carbons (Fsp3) is 0.972. The van der Waals surface area contributed by atoms with E-state index in [4.69, 9.17) is 57.4 Å². The number of carbonyl (C=O) groups is 1. The summed E-state index contributed by atoms with van der Waals surface area (Å²) in [6, 6.07) is -1.85. The second-order valence-electron chi connectivity index (χ2n) is 16.8. The van der Waals surface area contributed by atoms with Gasteiger partial charge >= 0.3 is 7.82 Å². The lowest BCUT2D eigenvalue weighted by atomic mass is 9.92. The molecule has 21 N–H and O–H groups in total. The van der Waals surface area contributed by atoms with Crippen LogP contribution in [0.5, 0.6) is 0 Å². The van der Waals surface area contributed by atoms with Crippen molar-refractivity contribution in [3.05, 3.63) is 0 Å². The number of nitrogens with one attached hydrogen (secondary N) is 1. The first-order valence-corrected chi connectivity index (χ1v) is 23.2. The van der Waals surface area contributed by atoms with Crippen molar-refractivity contribution in [1.82, 2.24) is 5.32 Å². The summed E-state index contributed by atoms with van der Waals surface area (Å²) in [6.07, 6.45) is -56.4. The molecule has 0 radical (unpaired) electrons. The number of ether oxygens (including phenoxy) is 9. The molecule has 34 heteroatoms. The third-order valence-electron chi connectivity index (χ3n) is 12.0. The van der Waals surface area contributed by atoms with E-state index in [2.05, 4.69) is 5.32 Å². The average molecular weight is 1050 g/mol. The van der Waals surface area contributed by atoms with Crippen molar-refractivity contribution in [3.8, 4) is 0 Å². The molecule has 5 aliphatic heterocycles. The normalized spacial score (nSPS) is 46.7. The Hall–Kier alpha value is -1.50. The first-order chi connectivity index (χ1) is 33.0. The minimum absolute atomic E-state index is 0.340. The molecule has 1 amide bonds. The zero-order valence-corrected chi connectivity index (χ0v) is 37.8. The van der Waals surface area contributed by atoms with Gasteiger partial charge in [-0.2, -0.15) is 0 Å². The van der Waals surface area contributed by atoms with E-state index in [1.54, 1.807) is 0 Å². The van der Waals surface area contributed by atoms with Gasteiger partial charge in [0.15, 0.2) is 31.5 Å². The number of phosphoric ester groups is 1. The fourth-order valence-electron chi connectivity index (χ4n) is 8.29. The van der Waals surface area contributed by atoms with Gasteiger partial charge < -0.3 is 145 Å². The highest BCUT2D eigenvalue weighted by atomic mass is 31.2. The second kappa shape index (κ2) is 25.8. The number of rotatable bonds is 21. The summed E-state index contributed by atoms with van der Waals surface area (Å²) in [5.74, 6) is -0.896. The SMILES string of the molecule is CC(=O)N[C@H]1[C@@H](O[C@@H]2[C@@H](O[C@@H]3[C@H](O)[C@@H](O)O[C@H]([C@@H](O)CO)[C@H]3O[C@@H]3O[C@H](CO)[C@@H](O)[C@H](O)[C@H]3O)O[C@H]([C@H](CO)OP(=O)(O)OCCN)[C@@H](O)[C@@H]2O[C@H]2O[C@H](CO)[C@@H](O)[C@H](O)[C@H]2O)O[C@H](CO)[C@@H](O)[C@@H]1O. The van der Waals surface area contributed by atoms with Crippen molar-refractivity contribution in [3.63, 3.8) is 0 Å². The molecule has 0 aromatic carbocycles. The predicted molar refractivity (Wildman–Crippen MR) is 214 cm³/mol. The van der Waals surface area contributed by atoms with Crippen LogP contribution in [0.25, 0.3) is 0 Å². The molecule has 0 aliphatic carbocycles. The van der Waals surface area contributed by atoms with Crippen LogP contribution in [-0.4, -0.2) is 309 Å². The monoisotopic (exact) mass is 1050 g/mol. The largest absolute Gasteiger partial charge is 0.472 e. The second-order valence-corrected chi connectivity index (χ2v) is 18.2. The van der Waals surface area contributed by atoms with E-state index in [0.29, 0.717) is 0 Å². The van der Waals surface area contributed by atoms with E-state index in [9.17, 15) is 101 Å². The Balaban J connectivity index is 1.70. The molecule has 5 aliphatic rings. The molecule has 5 heterocycles. The van der Waals surface area contributed by atoms with Gasteiger partial charge in [0.05, 0.1) is 39.6 Å². The van der Waals surface area contributed by atoms with Crippen molar-refractivity contribution < 1.29 is 153 Å². The number of phosphoric acid groups is 1. The van der Waals surface area contributed by atoms with Crippen LogP contribution in [0.3, 0.4) is 0 Å². The lowest BCUT2D eigenvalue weighted by molar-refractivity contribution is -0.412. The predicted octanol–water partition coefficient (Wildman–Crippen LogP) is -13.0. The van der Waals surface area contributed by atoms with E-state index < -0.39 is 219 Å². The zero-order valence-electron chi connectivity index (χ0n) is 36.9. The smallest absolute Gasteiger partial charge is 0.394 e. The summed E-state index contributed by atoms with van der Waals surface area (Å²) in [4.78, 5) is 23.0. The third kappa shape index (κ3) is 13.3. The van der Waals surface area contributed by atoms with Crippen molar-refractivity contribution in [2.75, 3.05) is 46.2 Å². The summed E-state index contributed by atoms with van der Waals surface area (Å²) in [5.41, 5.74) is 5.38. The summed E-state index contributed by atoms with van der Waals surface area (Å²) in [5, 5.41) is 185. The van der Waals surface area contributed by atoms with Crippen LogP contribution in [-0.2, 0) is 61.0 Å². The molecular formula is C36H65N2O31P. The molecule has 0 saturated carbocycles. The summed E-state index contributed by atoms with van der Waals surface area (Å²) >= 11 is 0. The van der Waals surface area contributed by atoms with Gasteiger partial charge in [0.25, 0.3) is 0 Å². The van der Waals surface area contributed by atoms with E-state index in [0.717, 1.165) is 6.92 Å². The Labute approximate surface area is 396 Å². The topological polar surface area (TPSA) is 538 Å². The van der Waals surface area contributed by atoms with Gasteiger partial charge in [-0.1, -0.05) is 0 Å². The molecule has 1 unspecified atom stereocenters. The summed E-state index contributed by atoms with van der Waals surface area (Å²) in [7, 11) is -5.29. The number of nitrogens with two attached hydrogens (primary N) is 1. The van der Waals surface area contributed by atoms with E-state index in [1.165, 1.54) is 0 Å². The van der Waals surface area contributed by atoms with Gasteiger partial charge in [0, 0.05) is 13.5 Å². The number of aliphatic hydroxyl groups is 17. The Morgan fingerprint density at radius 3 is 1.53 bits per heavy atom. The molecule has 410 valence electrons. The molecule has 0 bridgehead atoms. The Morgan fingerprint density at radius 1 is 0.571 bits per heavy atom. The van der Waals surface area contributed by atoms with Gasteiger partial charge in [-0.25, -0.2) is 4.57 Å². The number of hydrogen-bond donors (Lipinski definition) is 20. The molecular weight excluding hydrogens is 987 g/mol. The molecule has 0 spiro atoms. The van der Waals surface area contributed by atoms with Gasteiger partial charge in [-0.05, 0) is 0 Å². The van der Waals surface area contributed by atoms with Gasteiger partial charge in [0.1, 0.15) is 134 Å². The Bertz CT molecular complexity index is 1660. The maximum Gasteiger partial charge on any atom is 0.472 e. The molecule has 28 atom stereocenters. The maximum absolute atomic E-state index is 13.0. The van der Waals surface area contributed by atoms with Crippen LogP contribution < -0.4 is 11.1 Å². The first kappa shape index (κ1) is 59.4. The molecule has 0 aromatic rings. The first-order valence-electron chi connectivity index (χ1n) is 21.7. The van der Waals surface area contributed by atoms with Crippen LogP contribution in [0.1, 0.15) is 6.92 Å². The van der Waals surface area contributed by atoms with Crippen molar-refractivity contribution in [1.29, 1.82) is 0 Å².